The highest BCUT2D eigenvalue weighted by molar-refractivity contribution is 7.89. The Bertz CT molecular complexity index is 934. The number of carbonyl (C=O) groups excluding carboxylic acids is 1. The van der Waals surface area contributed by atoms with Gasteiger partial charge in [0.05, 0.1) is 4.90 Å². The zero-order valence-electron chi connectivity index (χ0n) is 16.0. The highest BCUT2D eigenvalue weighted by Crippen LogP contribution is 2.28. The summed E-state index contributed by atoms with van der Waals surface area (Å²) in [5, 5.41) is 0. The molecule has 1 heterocycles. The predicted octanol–water partition coefficient (Wildman–Crippen LogP) is 3.24. The molecule has 0 saturated heterocycles. The van der Waals surface area contributed by atoms with Gasteiger partial charge in [-0.2, -0.15) is 0 Å². The summed E-state index contributed by atoms with van der Waals surface area (Å²) in [6, 6.07) is 13.2. The van der Waals surface area contributed by atoms with Crippen LogP contribution in [0.25, 0.3) is 0 Å². The van der Waals surface area contributed by atoms with Crippen molar-refractivity contribution in [1.29, 1.82) is 0 Å². The van der Waals surface area contributed by atoms with Gasteiger partial charge in [0.2, 0.25) is 15.9 Å². The highest BCUT2D eigenvalue weighted by atomic mass is 32.2. The third-order valence-corrected chi connectivity index (χ3v) is 6.52. The molecule has 0 aromatic heterocycles. The molecule has 1 N–H and O–H groups in total. The number of nitrogens with zero attached hydrogens (tertiary/aromatic N) is 1. The Morgan fingerprint density at radius 2 is 1.78 bits per heavy atom. The molecule has 144 valence electrons. The molecule has 0 bridgehead atoms. The van der Waals surface area contributed by atoms with Gasteiger partial charge in [0, 0.05) is 25.7 Å². The SMILES string of the molecule is CC(C)c1ccc(CCNS(=O)(=O)c2ccc3c(c2)CCC(=O)N3C)cc1. The number of benzene rings is 2. The van der Waals surface area contributed by atoms with Gasteiger partial charge in [0.15, 0.2) is 0 Å². The van der Waals surface area contributed by atoms with Gasteiger partial charge < -0.3 is 4.90 Å². The second-order valence-corrected chi connectivity index (χ2v) is 9.05. The van der Waals surface area contributed by atoms with Gasteiger partial charge in [0.25, 0.3) is 0 Å². The average molecular weight is 387 g/mol. The molecular weight excluding hydrogens is 360 g/mol. The van der Waals surface area contributed by atoms with Crippen molar-refractivity contribution < 1.29 is 13.2 Å². The van der Waals surface area contributed by atoms with Crippen LogP contribution in [0.1, 0.15) is 42.9 Å². The third kappa shape index (κ3) is 4.39. The first-order chi connectivity index (χ1) is 12.8. The van der Waals surface area contributed by atoms with Crippen LogP contribution in [0.5, 0.6) is 0 Å². The summed E-state index contributed by atoms with van der Waals surface area (Å²) < 4.78 is 27.9. The largest absolute Gasteiger partial charge is 0.315 e. The maximum Gasteiger partial charge on any atom is 0.240 e. The summed E-state index contributed by atoms with van der Waals surface area (Å²) in [5.74, 6) is 0.538. The fourth-order valence-electron chi connectivity index (χ4n) is 3.28. The normalized spacial score (nSPS) is 14.5. The van der Waals surface area contributed by atoms with Gasteiger partial charge in [-0.25, -0.2) is 13.1 Å². The molecular formula is C21H26N2O3S. The Kier molecular flexibility index (Phi) is 5.67. The standard InChI is InChI=1S/C21H26N2O3S/c1-15(2)17-6-4-16(5-7-17)12-13-22-27(25,26)19-9-10-20-18(14-19)8-11-21(24)23(20)3/h4-7,9-10,14-15,22H,8,11-13H2,1-3H3. The summed E-state index contributed by atoms with van der Waals surface area (Å²) in [7, 11) is -1.85. The summed E-state index contributed by atoms with van der Waals surface area (Å²) in [6.07, 6.45) is 1.62. The molecule has 2 aromatic carbocycles. The van der Waals surface area contributed by atoms with Crippen LogP contribution in [-0.2, 0) is 27.7 Å². The Morgan fingerprint density at radius 1 is 1.07 bits per heavy atom. The second-order valence-electron chi connectivity index (χ2n) is 7.29. The Balaban J connectivity index is 1.66. The van der Waals surface area contributed by atoms with Crippen molar-refractivity contribution in [1.82, 2.24) is 4.72 Å². The van der Waals surface area contributed by atoms with E-state index in [0.717, 1.165) is 16.8 Å². The van der Waals surface area contributed by atoms with E-state index in [1.54, 1.807) is 30.1 Å². The molecule has 2 aromatic rings. The van der Waals surface area contributed by atoms with E-state index in [2.05, 4.69) is 42.8 Å². The Labute approximate surface area is 161 Å². The summed E-state index contributed by atoms with van der Waals surface area (Å²) in [5.41, 5.74) is 4.06. The van der Waals surface area contributed by atoms with E-state index in [0.29, 0.717) is 31.7 Å². The molecule has 0 radical (unpaired) electrons. The van der Waals surface area contributed by atoms with E-state index < -0.39 is 10.0 Å². The van der Waals surface area contributed by atoms with Gasteiger partial charge in [-0.1, -0.05) is 38.1 Å². The number of rotatable bonds is 6. The monoisotopic (exact) mass is 386 g/mol. The van der Waals surface area contributed by atoms with Gasteiger partial charge in [-0.15, -0.1) is 0 Å². The molecule has 5 nitrogen and oxygen atoms in total. The number of hydrogen-bond donors (Lipinski definition) is 1. The van der Waals surface area contributed by atoms with Gasteiger partial charge in [-0.05, 0) is 53.6 Å². The van der Waals surface area contributed by atoms with Gasteiger partial charge in [-0.3, -0.25) is 4.79 Å². The number of aryl methyl sites for hydroxylation is 1. The zero-order chi connectivity index (χ0) is 19.6. The average Bonchev–Trinajstić information content (AvgIpc) is 2.65. The lowest BCUT2D eigenvalue weighted by atomic mass is 10.0. The number of anilines is 1. The molecule has 27 heavy (non-hydrogen) atoms. The molecule has 6 heteroatoms. The van der Waals surface area contributed by atoms with E-state index in [9.17, 15) is 13.2 Å². The molecule has 0 saturated carbocycles. The minimum atomic E-state index is -3.57. The van der Waals surface area contributed by atoms with Gasteiger partial charge in [0.1, 0.15) is 0 Å². The molecule has 0 spiro atoms. The van der Waals surface area contributed by atoms with Crippen molar-refractivity contribution in [3.05, 3.63) is 59.2 Å². The fourth-order valence-corrected chi connectivity index (χ4v) is 4.36. The van der Waals surface area contributed by atoms with Crippen molar-refractivity contribution in [2.24, 2.45) is 0 Å². The summed E-state index contributed by atoms with van der Waals surface area (Å²) >= 11 is 0. The molecule has 1 amide bonds. The first-order valence-corrected chi connectivity index (χ1v) is 10.7. The number of amides is 1. The Hall–Kier alpha value is -2.18. The van der Waals surface area contributed by atoms with Crippen LogP contribution in [0.4, 0.5) is 5.69 Å². The lowest BCUT2D eigenvalue weighted by Gasteiger charge is -2.26. The number of carbonyl (C=O) groups is 1. The quantitative estimate of drug-likeness (QED) is 0.829. The molecule has 0 aliphatic carbocycles. The highest BCUT2D eigenvalue weighted by Gasteiger charge is 2.23. The van der Waals surface area contributed by atoms with Crippen molar-refractivity contribution in [3.8, 4) is 0 Å². The van der Waals surface area contributed by atoms with Crippen LogP contribution in [0.2, 0.25) is 0 Å². The maximum atomic E-state index is 12.6. The lowest BCUT2D eigenvalue weighted by molar-refractivity contribution is -0.118. The molecule has 0 atom stereocenters. The van der Waals surface area contributed by atoms with E-state index in [-0.39, 0.29) is 10.8 Å². The van der Waals surface area contributed by atoms with Crippen LogP contribution in [-0.4, -0.2) is 27.9 Å². The van der Waals surface area contributed by atoms with Crippen molar-refractivity contribution in [3.63, 3.8) is 0 Å². The molecule has 1 aliphatic heterocycles. The molecule has 0 unspecified atom stereocenters. The molecule has 0 fully saturated rings. The summed E-state index contributed by atoms with van der Waals surface area (Å²) in [4.78, 5) is 13.6. The van der Waals surface area contributed by atoms with Crippen molar-refractivity contribution in [2.45, 2.75) is 43.9 Å². The first kappa shape index (κ1) is 19.6. The predicted molar refractivity (Wildman–Crippen MR) is 108 cm³/mol. The smallest absolute Gasteiger partial charge is 0.240 e. The lowest BCUT2D eigenvalue weighted by Crippen LogP contribution is -2.31. The van der Waals surface area contributed by atoms with E-state index >= 15 is 0 Å². The number of fused-ring (bicyclic) bond motifs is 1. The van der Waals surface area contributed by atoms with Crippen molar-refractivity contribution in [2.75, 3.05) is 18.5 Å². The molecule has 1 aliphatic rings. The van der Waals surface area contributed by atoms with Crippen LogP contribution in [0.15, 0.2) is 47.4 Å². The third-order valence-electron chi connectivity index (χ3n) is 5.06. The minimum Gasteiger partial charge on any atom is -0.315 e. The number of nitrogens with one attached hydrogen (secondary N) is 1. The maximum absolute atomic E-state index is 12.6. The van der Waals surface area contributed by atoms with Crippen LogP contribution < -0.4 is 9.62 Å². The van der Waals surface area contributed by atoms with Crippen LogP contribution >= 0.6 is 0 Å². The van der Waals surface area contributed by atoms with Gasteiger partial charge >= 0.3 is 0 Å². The molecule has 3 rings (SSSR count). The van der Waals surface area contributed by atoms with E-state index in [1.807, 2.05) is 0 Å². The zero-order valence-corrected chi connectivity index (χ0v) is 16.8. The summed E-state index contributed by atoms with van der Waals surface area (Å²) in [6.45, 7) is 4.64. The van der Waals surface area contributed by atoms with E-state index in [4.69, 9.17) is 0 Å². The fraction of sp³-hybridized carbons (Fsp3) is 0.381. The van der Waals surface area contributed by atoms with E-state index in [1.165, 1.54) is 5.56 Å². The second kappa shape index (κ2) is 7.82. The number of hydrogen-bond acceptors (Lipinski definition) is 3. The topological polar surface area (TPSA) is 66.5 Å². The minimum absolute atomic E-state index is 0.0553. The number of sulfonamides is 1. The van der Waals surface area contributed by atoms with Crippen LogP contribution in [0.3, 0.4) is 0 Å². The van der Waals surface area contributed by atoms with Crippen LogP contribution in [0, 0.1) is 0 Å². The first-order valence-electron chi connectivity index (χ1n) is 9.26. The van der Waals surface area contributed by atoms with Crippen molar-refractivity contribution >= 4 is 21.6 Å². The Morgan fingerprint density at radius 3 is 2.44 bits per heavy atom.